The SMILES string of the molecule is CCC(C)CN(CC)c1ncccc1C(N)=NO. The maximum Gasteiger partial charge on any atom is 0.173 e. The minimum Gasteiger partial charge on any atom is -0.409 e. The molecule has 5 heteroatoms. The molecule has 3 N–H and O–H groups in total. The maximum absolute atomic E-state index is 8.81. The summed E-state index contributed by atoms with van der Waals surface area (Å²) in [6, 6.07) is 3.60. The largest absolute Gasteiger partial charge is 0.409 e. The molecule has 18 heavy (non-hydrogen) atoms. The minimum atomic E-state index is 0.0979. The standard InChI is InChI=1S/C13H22N4O/c1-4-10(3)9-17(5-2)13-11(12(14)16-18)7-6-8-15-13/h6-8,10,18H,4-5,9H2,1-3H3,(H2,14,16). The number of nitrogens with zero attached hydrogens (tertiary/aromatic N) is 3. The highest BCUT2D eigenvalue weighted by molar-refractivity contribution is 6.01. The molecule has 0 fully saturated rings. The van der Waals surface area contributed by atoms with Crippen LogP contribution in [0.2, 0.25) is 0 Å². The Hall–Kier alpha value is -1.78. The molecule has 0 bridgehead atoms. The fourth-order valence-electron chi connectivity index (χ4n) is 1.77. The Balaban J connectivity index is 3.05. The van der Waals surface area contributed by atoms with Crippen LogP contribution in [0.15, 0.2) is 23.5 Å². The molecule has 0 aliphatic heterocycles. The molecule has 5 nitrogen and oxygen atoms in total. The summed E-state index contributed by atoms with van der Waals surface area (Å²) in [6.45, 7) is 8.20. The first-order valence-electron chi connectivity index (χ1n) is 6.31. The number of nitrogens with two attached hydrogens (primary N) is 1. The third-order valence-electron chi connectivity index (χ3n) is 3.08. The van der Waals surface area contributed by atoms with E-state index in [1.54, 1.807) is 12.3 Å². The predicted octanol–water partition coefficient (Wildman–Crippen LogP) is 2.05. The van der Waals surface area contributed by atoms with Gasteiger partial charge in [-0.25, -0.2) is 4.98 Å². The van der Waals surface area contributed by atoms with Gasteiger partial charge in [0.15, 0.2) is 5.84 Å². The van der Waals surface area contributed by atoms with E-state index in [-0.39, 0.29) is 5.84 Å². The van der Waals surface area contributed by atoms with Crippen LogP contribution in [-0.4, -0.2) is 29.1 Å². The smallest absolute Gasteiger partial charge is 0.173 e. The highest BCUT2D eigenvalue weighted by Crippen LogP contribution is 2.18. The van der Waals surface area contributed by atoms with Crippen LogP contribution in [0.5, 0.6) is 0 Å². The minimum absolute atomic E-state index is 0.0979. The van der Waals surface area contributed by atoms with Crippen molar-refractivity contribution in [2.45, 2.75) is 27.2 Å². The molecule has 0 aliphatic carbocycles. The Morgan fingerprint density at radius 1 is 1.56 bits per heavy atom. The van der Waals surface area contributed by atoms with Crippen LogP contribution in [0.3, 0.4) is 0 Å². The second kappa shape index (κ2) is 6.83. The third-order valence-corrected chi connectivity index (χ3v) is 3.08. The van der Waals surface area contributed by atoms with Gasteiger partial charge >= 0.3 is 0 Å². The quantitative estimate of drug-likeness (QED) is 0.351. The van der Waals surface area contributed by atoms with E-state index >= 15 is 0 Å². The van der Waals surface area contributed by atoms with Gasteiger partial charge in [-0.2, -0.15) is 0 Å². The van der Waals surface area contributed by atoms with Gasteiger partial charge < -0.3 is 15.8 Å². The summed E-state index contributed by atoms with van der Waals surface area (Å²) in [5.41, 5.74) is 6.36. The zero-order chi connectivity index (χ0) is 13.5. The molecule has 1 rings (SSSR count). The highest BCUT2D eigenvalue weighted by Gasteiger charge is 2.15. The Morgan fingerprint density at radius 2 is 2.28 bits per heavy atom. The first-order chi connectivity index (χ1) is 8.63. The van der Waals surface area contributed by atoms with E-state index in [2.05, 4.69) is 35.8 Å². The number of pyridine rings is 1. The van der Waals surface area contributed by atoms with E-state index in [1.807, 2.05) is 6.07 Å². The number of hydrogen-bond donors (Lipinski definition) is 2. The van der Waals surface area contributed by atoms with Crippen LogP contribution in [0, 0.1) is 5.92 Å². The summed E-state index contributed by atoms with van der Waals surface area (Å²) in [6.07, 6.45) is 2.84. The molecule has 0 saturated heterocycles. The van der Waals surface area contributed by atoms with Crippen LogP contribution in [0.25, 0.3) is 0 Å². The van der Waals surface area contributed by atoms with Crippen LogP contribution in [-0.2, 0) is 0 Å². The molecule has 1 aromatic rings. The van der Waals surface area contributed by atoms with Crippen LogP contribution in [0.1, 0.15) is 32.8 Å². The molecule has 1 heterocycles. The lowest BCUT2D eigenvalue weighted by atomic mass is 10.1. The molecular weight excluding hydrogens is 228 g/mol. The van der Waals surface area contributed by atoms with Crippen molar-refractivity contribution in [1.82, 2.24) is 4.98 Å². The van der Waals surface area contributed by atoms with Crippen molar-refractivity contribution < 1.29 is 5.21 Å². The topological polar surface area (TPSA) is 74.7 Å². The lowest BCUT2D eigenvalue weighted by molar-refractivity contribution is 0.318. The van der Waals surface area contributed by atoms with E-state index in [9.17, 15) is 0 Å². The van der Waals surface area contributed by atoms with Crippen molar-refractivity contribution in [2.24, 2.45) is 16.8 Å². The average molecular weight is 250 g/mol. The van der Waals surface area contributed by atoms with Gasteiger partial charge in [-0.15, -0.1) is 0 Å². The molecule has 100 valence electrons. The molecule has 0 aromatic carbocycles. The number of anilines is 1. The fraction of sp³-hybridized carbons (Fsp3) is 0.538. The van der Waals surface area contributed by atoms with Crippen molar-refractivity contribution in [3.05, 3.63) is 23.9 Å². The Bertz CT molecular complexity index is 406. The van der Waals surface area contributed by atoms with Crippen molar-refractivity contribution >= 4 is 11.7 Å². The van der Waals surface area contributed by atoms with Crippen LogP contribution >= 0.6 is 0 Å². The third kappa shape index (κ3) is 3.35. The first-order valence-corrected chi connectivity index (χ1v) is 6.31. The van der Waals surface area contributed by atoms with Gasteiger partial charge in [0, 0.05) is 19.3 Å². The molecule has 1 atom stereocenters. The van der Waals surface area contributed by atoms with Crippen molar-refractivity contribution in [3.8, 4) is 0 Å². The average Bonchev–Trinajstić information content (AvgIpc) is 2.43. The monoisotopic (exact) mass is 250 g/mol. The maximum atomic E-state index is 8.81. The number of hydrogen-bond acceptors (Lipinski definition) is 4. The lowest BCUT2D eigenvalue weighted by Gasteiger charge is -2.26. The van der Waals surface area contributed by atoms with Crippen molar-refractivity contribution in [3.63, 3.8) is 0 Å². The van der Waals surface area contributed by atoms with E-state index in [4.69, 9.17) is 10.9 Å². The summed E-state index contributed by atoms with van der Waals surface area (Å²) < 4.78 is 0. The molecule has 0 aliphatic rings. The van der Waals surface area contributed by atoms with E-state index in [0.29, 0.717) is 11.5 Å². The number of aromatic nitrogens is 1. The van der Waals surface area contributed by atoms with E-state index < -0.39 is 0 Å². The normalized spacial score (nSPS) is 13.4. The molecule has 0 radical (unpaired) electrons. The van der Waals surface area contributed by atoms with Crippen molar-refractivity contribution in [2.75, 3.05) is 18.0 Å². The molecule has 0 saturated carbocycles. The summed E-state index contributed by atoms with van der Waals surface area (Å²) in [4.78, 5) is 6.51. The second-order valence-electron chi connectivity index (χ2n) is 4.41. The summed E-state index contributed by atoms with van der Waals surface area (Å²) in [7, 11) is 0. The van der Waals surface area contributed by atoms with Crippen LogP contribution in [0.4, 0.5) is 5.82 Å². The molecule has 1 unspecified atom stereocenters. The second-order valence-corrected chi connectivity index (χ2v) is 4.41. The van der Waals surface area contributed by atoms with Crippen molar-refractivity contribution in [1.29, 1.82) is 0 Å². The van der Waals surface area contributed by atoms with Gasteiger partial charge in [-0.1, -0.05) is 25.4 Å². The van der Waals surface area contributed by atoms with Gasteiger partial charge in [0.25, 0.3) is 0 Å². The summed E-state index contributed by atoms with van der Waals surface area (Å²) in [5.74, 6) is 1.45. The predicted molar refractivity (Wildman–Crippen MR) is 74.1 cm³/mol. The molecule has 0 amide bonds. The fourth-order valence-corrected chi connectivity index (χ4v) is 1.77. The summed E-state index contributed by atoms with van der Waals surface area (Å²) in [5, 5.41) is 11.9. The van der Waals surface area contributed by atoms with E-state index in [1.165, 1.54) is 0 Å². The Morgan fingerprint density at radius 3 is 2.83 bits per heavy atom. The number of oxime groups is 1. The zero-order valence-corrected chi connectivity index (χ0v) is 11.3. The van der Waals surface area contributed by atoms with Gasteiger partial charge in [0.2, 0.25) is 0 Å². The molecular formula is C13H22N4O. The van der Waals surface area contributed by atoms with Gasteiger partial charge in [-0.3, -0.25) is 0 Å². The first kappa shape index (κ1) is 14.3. The molecule has 0 spiro atoms. The van der Waals surface area contributed by atoms with Gasteiger partial charge in [0.05, 0.1) is 5.56 Å². The van der Waals surface area contributed by atoms with Gasteiger partial charge in [-0.05, 0) is 25.0 Å². The Kier molecular flexibility index (Phi) is 5.42. The Labute approximate surface area is 108 Å². The van der Waals surface area contributed by atoms with Crippen LogP contribution < -0.4 is 10.6 Å². The molecule has 1 aromatic heterocycles. The zero-order valence-electron chi connectivity index (χ0n) is 11.3. The number of rotatable bonds is 6. The summed E-state index contributed by atoms with van der Waals surface area (Å²) >= 11 is 0. The van der Waals surface area contributed by atoms with E-state index in [0.717, 1.165) is 25.3 Å². The van der Waals surface area contributed by atoms with Gasteiger partial charge in [0.1, 0.15) is 5.82 Å². The highest BCUT2D eigenvalue weighted by atomic mass is 16.4. The lowest BCUT2D eigenvalue weighted by Crippen LogP contribution is -2.31. The number of amidine groups is 1.